The van der Waals surface area contributed by atoms with E-state index < -0.39 is 41.0 Å². The lowest BCUT2D eigenvalue weighted by molar-refractivity contribution is -0.274. The molecule has 2 aromatic carbocycles. The highest BCUT2D eigenvalue weighted by atomic mass is 19.4. The number of hydrogen-bond acceptors (Lipinski definition) is 5. The van der Waals surface area contributed by atoms with E-state index in [1.807, 2.05) is 0 Å². The summed E-state index contributed by atoms with van der Waals surface area (Å²) < 4.78 is 46.6. The Balaban J connectivity index is 2.12. The number of anilines is 1. The van der Waals surface area contributed by atoms with Gasteiger partial charge in [0.2, 0.25) is 0 Å². The van der Waals surface area contributed by atoms with Crippen molar-refractivity contribution in [1.82, 2.24) is 0 Å². The van der Waals surface area contributed by atoms with Crippen LogP contribution >= 0.6 is 0 Å². The number of Topliss-reactive ketones (excluding diaryl/α,β-unsaturated/α-hetero) is 1. The summed E-state index contributed by atoms with van der Waals surface area (Å²) in [5.74, 6) is -1.97. The first-order valence-electron chi connectivity index (χ1n) is 9.64. The minimum absolute atomic E-state index is 0.0913. The molecule has 1 amide bonds. The summed E-state index contributed by atoms with van der Waals surface area (Å²) in [7, 11) is 1.46. The van der Waals surface area contributed by atoms with Gasteiger partial charge in [0, 0.05) is 11.1 Å². The van der Waals surface area contributed by atoms with Crippen molar-refractivity contribution in [3.8, 4) is 11.5 Å². The highest BCUT2D eigenvalue weighted by Gasteiger charge is 2.46. The molecular weight excluding hydrogens is 427 g/mol. The van der Waals surface area contributed by atoms with Crippen molar-refractivity contribution in [3.05, 3.63) is 65.4 Å². The van der Waals surface area contributed by atoms with Crippen LogP contribution in [0.15, 0.2) is 59.9 Å². The van der Waals surface area contributed by atoms with Gasteiger partial charge in [-0.1, -0.05) is 32.9 Å². The molecule has 0 aliphatic carbocycles. The first kappa shape index (κ1) is 23.2. The molecule has 1 aliphatic rings. The van der Waals surface area contributed by atoms with Gasteiger partial charge in [0.15, 0.2) is 11.5 Å². The third-order valence-electron chi connectivity index (χ3n) is 4.89. The Bertz CT molecular complexity index is 1070. The van der Waals surface area contributed by atoms with E-state index in [2.05, 4.69) is 4.74 Å². The van der Waals surface area contributed by atoms with Crippen molar-refractivity contribution < 1.29 is 37.3 Å². The number of nitrogens with zero attached hydrogens (tertiary/aromatic N) is 1. The van der Waals surface area contributed by atoms with Gasteiger partial charge in [-0.2, -0.15) is 0 Å². The van der Waals surface area contributed by atoms with Crippen LogP contribution in [0.5, 0.6) is 11.5 Å². The molecule has 0 bridgehead atoms. The van der Waals surface area contributed by atoms with Gasteiger partial charge in [-0.25, -0.2) is 0 Å². The zero-order valence-electron chi connectivity index (χ0n) is 17.9. The number of benzene rings is 2. The summed E-state index contributed by atoms with van der Waals surface area (Å²) in [5, 5.41) is 10.7. The molecule has 0 saturated carbocycles. The van der Waals surface area contributed by atoms with Gasteiger partial charge in [-0.3, -0.25) is 14.5 Å². The summed E-state index contributed by atoms with van der Waals surface area (Å²) in [6.07, 6.45) is -4.86. The van der Waals surface area contributed by atoms with E-state index in [0.717, 1.165) is 12.1 Å². The lowest BCUT2D eigenvalue weighted by Gasteiger charge is -2.29. The zero-order valence-corrected chi connectivity index (χ0v) is 17.9. The number of aliphatic hydroxyl groups excluding tert-OH is 1. The first-order chi connectivity index (χ1) is 14.8. The molecule has 1 aliphatic heterocycles. The minimum Gasteiger partial charge on any atom is -0.503 e. The van der Waals surface area contributed by atoms with E-state index in [1.54, 1.807) is 45.0 Å². The maximum absolute atomic E-state index is 13.2. The third-order valence-corrected chi connectivity index (χ3v) is 4.89. The first-order valence-corrected chi connectivity index (χ1v) is 9.64. The number of rotatable bonds is 5. The summed E-state index contributed by atoms with van der Waals surface area (Å²) in [6, 6.07) is 10.3. The molecule has 3 rings (SSSR count). The maximum atomic E-state index is 13.2. The predicted octanol–water partition coefficient (Wildman–Crippen LogP) is 5.11. The van der Waals surface area contributed by atoms with Crippen LogP contribution in [0.2, 0.25) is 0 Å². The molecule has 1 N–H and O–H groups in total. The van der Waals surface area contributed by atoms with E-state index in [-0.39, 0.29) is 11.3 Å². The number of methoxy groups -OCH3 is 1. The molecule has 0 radical (unpaired) electrons. The second kappa shape index (κ2) is 8.22. The van der Waals surface area contributed by atoms with Crippen LogP contribution in [0.1, 0.15) is 32.4 Å². The van der Waals surface area contributed by atoms with Crippen LogP contribution in [0.4, 0.5) is 18.9 Å². The lowest BCUT2D eigenvalue weighted by atomic mass is 9.82. The van der Waals surface area contributed by atoms with E-state index >= 15 is 0 Å². The summed E-state index contributed by atoms with van der Waals surface area (Å²) in [4.78, 5) is 27.4. The average molecular weight is 449 g/mol. The van der Waals surface area contributed by atoms with Gasteiger partial charge in [0.25, 0.3) is 5.91 Å². The van der Waals surface area contributed by atoms with E-state index in [0.29, 0.717) is 11.3 Å². The molecule has 1 unspecified atom stereocenters. The van der Waals surface area contributed by atoms with Crippen molar-refractivity contribution in [2.24, 2.45) is 5.41 Å². The van der Waals surface area contributed by atoms with Crippen molar-refractivity contribution >= 4 is 17.4 Å². The summed E-state index contributed by atoms with van der Waals surface area (Å²) in [5.41, 5.74) is -0.321. The molecule has 170 valence electrons. The average Bonchev–Trinajstić information content (AvgIpc) is 2.97. The Hall–Kier alpha value is -3.49. The lowest BCUT2D eigenvalue weighted by Crippen LogP contribution is -2.32. The Morgan fingerprint density at radius 1 is 1.03 bits per heavy atom. The van der Waals surface area contributed by atoms with Gasteiger partial charge in [-0.15, -0.1) is 13.2 Å². The number of carbonyl (C=O) groups excluding carboxylic acids is 2. The molecule has 1 atom stereocenters. The Morgan fingerprint density at radius 2 is 1.66 bits per heavy atom. The van der Waals surface area contributed by atoms with Crippen molar-refractivity contribution in [1.29, 1.82) is 0 Å². The highest BCUT2D eigenvalue weighted by Crippen LogP contribution is 2.44. The predicted molar refractivity (Wildman–Crippen MR) is 110 cm³/mol. The van der Waals surface area contributed by atoms with Crippen LogP contribution in [0.3, 0.4) is 0 Å². The summed E-state index contributed by atoms with van der Waals surface area (Å²) in [6.45, 7) is 4.98. The van der Waals surface area contributed by atoms with Crippen molar-refractivity contribution in [3.63, 3.8) is 0 Å². The Kier molecular flexibility index (Phi) is 5.95. The molecule has 32 heavy (non-hydrogen) atoms. The van der Waals surface area contributed by atoms with Crippen LogP contribution in [0.25, 0.3) is 0 Å². The molecule has 9 heteroatoms. The number of alkyl halides is 3. The Labute approximate surface area is 182 Å². The zero-order chi connectivity index (χ0) is 23.8. The quantitative estimate of drug-likeness (QED) is 0.687. The smallest absolute Gasteiger partial charge is 0.503 e. The largest absolute Gasteiger partial charge is 0.573 e. The normalized spacial score (nSPS) is 17.0. The third kappa shape index (κ3) is 4.56. The fourth-order valence-electron chi connectivity index (χ4n) is 3.44. The topological polar surface area (TPSA) is 76.1 Å². The molecule has 0 saturated heterocycles. The van der Waals surface area contributed by atoms with Crippen LogP contribution in [-0.4, -0.2) is 30.3 Å². The molecule has 0 aromatic heterocycles. The SMILES string of the molecule is COc1cccc(C2C(C(=O)C(C)(C)C)=C(O)C(=O)N2c2ccc(OC(F)(F)F)cc2)c1. The van der Waals surface area contributed by atoms with E-state index in [9.17, 15) is 27.9 Å². The van der Waals surface area contributed by atoms with Gasteiger partial charge < -0.3 is 14.6 Å². The monoisotopic (exact) mass is 449 g/mol. The van der Waals surface area contributed by atoms with Gasteiger partial charge in [0.05, 0.1) is 18.7 Å². The molecular formula is C23H22F3NO5. The highest BCUT2D eigenvalue weighted by molar-refractivity contribution is 6.17. The minimum atomic E-state index is -4.86. The standard InChI is InChI=1S/C23H22F3NO5/c1-22(2,3)20(29)17-18(13-6-5-7-16(12-13)31-4)27(21(30)19(17)28)14-8-10-15(11-9-14)32-23(24,25)26/h5-12,18,28H,1-4H3. The van der Waals surface area contributed by atoms with E-state index in [1.165, 1.54) is 24.1 Å². The number of hydrogen-bond donors (Lipinski definition) is 1. The number of amides is 1. The number of ketones is 1. The molecule has 1 heterocycles. The molecule has 2 aromatic rings. The fraction of sp³-hybridized carbons (Fsp3) is 0.304. The number of halogens is 3. The molecule has 6 nitrogen and oxygen atoms in total. The van der Waals surface area contributed by atoms with Gasteiger partial charge >= 0.3 is 6.36 Å². The molecule has 0 spiro atoms. The maximum Gasteiger partial charge on any atom is 0.573 e. The number of aliphatic hydroxyl groups is 1. The van der Waals surface area contributed by atoms with Crippen molar-refractivity contribution in [2.75, 3.05) is 12.0 Å². The van der Waals surface area contributed by atoms with Crippen LogP contribution in [0, 0.1) is 5.41 Å². The number of carbonyl (C=O) groups is 2. The Morgan fingerprint density at radius 3 is 2.19 bits per heavy atom. The fourth-order valence-corrected chi connectivity index (χ4v) is 3.44. The van der Waals surface area contributed by atoms with Gasteiger partial charge in [0.1, 0.15) is 11.5 Å². The van der Waals surface area contributed by atoms with Gasteiger partial charge in [-0.05, 0) is 42.0 Å². The molecule has 0 fully saturated rings. The van der Waals surface area contributed by atoms with Crippen LogP contribution < -0.4 is 14.4 Å². The second-order valence-electron chi connectivity index (χ2n) is 8.24. The van der Waals surface area contributed by atoms with Crippen molar-refractivity contribution in [2.45, 2.75) is 33.2 Å². The van der Waals surface area contributed by atoms with Crippen LogP contribution in [-0.2, 0) is 9.59 Å². The van der Waals surface area contributed by atoms with E-state index in [4.69, 9.17) is 4.74 Å². The second-order valence-corrected chi connectivity index (χ2v) is 8.24. The summed E-state index contributed by atoms with van der Waals surface area (Å²) >= 11 is 0. The number of ether oxygens (including phenoxy) is 2.